The first-order chi connectivity index (χ1) is 3.79. The van der Waals surface area contributed by atoms with Crippen molar-refractivity contribution < 1.29 is 0 Å². The zero-order chi connectivity index (χ0) is 5.98. The van der Waals surface area contributed by atoms with Crippen molar-refractivity contribution in [2.45, 2.75) is 12.3 Å². The zero-order valence-electron chi connectivity index (χ0n) is 4.63. The Hall–Kier alpha value is -0.370. The van der Waals surface area contributed by atoms with Gasteiger partial charge in [-0.15, -0.1) is 11.6 Å². The van der Waals surface area contributed by atoms with Gasteiger partial charge in [0.15, 0.2) is 0 Å². The second kappa shape index (κ2) is 2.27. The van der Waals surface area contributed by atoms with E-state index in [1.807, 2.05) is 6.92 Å². The number of hydrogen-bond acceptors (Lipinski definition) is 2. The van der Waals surface area contributed by atoms with Gasteiger partial charge in [-0.3, -0.25) is 4.99 Å². The first-order valence-corrected chi connectivity index (χ1v) is 2.92. The Morgan fingerprint density at radius 2 is 2.62 bits per heavy atom. The molecule has 0 N–H and O–H groups in total. The highest BCUT2D eigenvalue weighted by molar-refractivity contribution is 6.29. The maximum Gasteiger partial charge on any atom is 0.119 e. The highest BCUT2D eigenvalue weighted by Gasteiger charge is 2.02. The average Bonchev–Trinajstić information content (AvgIpc) is 1.77. The van der Waals surface area contributed by atoms with E-state index in [0.29, 0.717) is 6.54 Å². The SMILES string of the molecule is CC1=NCC(Cl)C=N1. The van der Waals surface area contributed by atoms with Crippen LogP contribution in [0.25, 0.3) is 0 Å². The minimum atomic E-state index is 0.0127. The number of halogens is 1. The molecule has 0 aliphatic carbocycles. The summed E-state index contributed by atoms with van der Waals surface area (Å²) in [5.41, 5.74) is 0. The van der Waals surface area contributed by atoms with Gasteiger partial charge in [-0.05, 0) is 6.92 Å². The summed E-state index contributed by atoms with van der Waals surface area (Å²) >= 11 is 5.63. The molecule has 1 aliphatic rings. The van der Waals surface area contributed by atoms with Crippen LogP contribution >= 0.6 is 11.6 Å². The number of aliphatic imine (C=N–C) groups is 2. The summed E-state index contributed by atoms with van der Waals surface area (Å²) in [5.74, 6) is 0.821. The molecule has 0 saturated heterocycles. The van der Waals surface area contributed by atoms with Gasteiger partial charge in [0, 0.05) is 6.21 Å². The van der Waals surface area contributed by atoms with E-state index in [9.17, 15) is 0 Å². The largest absolute Gasteiger partial charge is 0.269 e. The van der Waals surface area contributed by atoms with Gasteiger partial charge in [-0.2, -0.15) is 0 Å². The Labute approximate surface area is 53.3 Å². The summed E-state index contributed by atoms with van der Waals surface area (Å²) < 4.78 is 0. The number of alkyl halides is 1. The van der Waals surface area contributed by atoms with Crippen LogP contribution in [0.2, 0.25) is 0 Å². The van der Waals surface area contributed by atoms with E-state index in [1.54, 1.807) is 6.21 Å². The van der Waals surface area contributed by atoms with Crippen molar-refractivity contribution in [1.82, 2.24) is 0 Å². The van der Waals surface area contributed by atoms with E-state index in [-0.39, 0.29) is 5.38 Å². The molecule has 1 heterocycles. The molecular formula is C5H7ClN2. The highest BCUT2D eigenvalue weighted by Crippen LogP contribution is 1.98. The molecule has 8 heavy (non-hydrogen) atoms. The monoisotopic (exact) mass is 130 g/mol. The number of rotatable bonds is 0. The highest BCUT2D eigenvalue weighted by atomic mass is 35.5. The Balaban J connectivity index is 2.58. The van der Waals surface area contributed by atoms with Crippen LogP contribution in [-0.4, -0.2) is 24.0 Å². The van der Waals surface area contributed by atoms with Crippen LogP contribution in [0.1, 0.15) is 6.92 Å². The molecule has 0 radical (unpaired) electrons. The lowest BCUT2D eigenvalue weighted by Crippen LogP contribution is -2.11. The molecule has 0 aromatic rings. The molecule has 0 aromatic heterocycles. The standard InChI is InChI=1S/C5H7ClN2/c1-4-7-2-5(6)3-8-4/h2,5H,3H2,1H3. The van der Waals surface area contributed by atoms with Gasteiger partial charge in [-0.25, -0.2) is 4.99 Å². The number of hydrogen-bond donors (Lipinski definition) is 0. The van der Waals surface area contributed by atoms with E-state index in [4.69, 9.17) is 11.6 Å². The maximum absolute atomic E-state index is 5.63. The van der Waals surface area contributed by atoms with Crippen LogP contribution < -0.4 is 0 Å². The van der Waals surface area contributed by atoms with Gasteiger partial charge in [-0.1, -0.05) is 0 Å². The summed E-state index contributed by atoms with van der Waals surface area (Å²) in [4.78, 5) is 7.90. The van der Waals surface area contributed by atoms with E-state index in [2.05, 4.69) is 9.98 Å². The first-order valence-electron chi connectivity index (χ1n) is 2.48. The zero-order valence-corrected chi connectivity index (χ0v) is 5.39. The molecule has 0 fully saturated rings. The van der Waals surface area contributed by atoms with Crippen molar-refractivity contribution in [3.63, 3.8) is 0 Å². The molecule has 0 saturated carbocycles. The van der Waals surface area contributed by atoms with Crippen molar-refractivity contribution in [3.8, 4) is 0 Å². The summed E-state index contributed by atoms with van der Waals surface area (Å²) in [6, 6.07) is 0. The normalized spacial score (nSPS) is 27.8. The molecule has 3 heteroatoms. The average molecular weight is 131 g/mol. The lowest BCUT2D eigenvalue weighted by atomic mass is 10.4. The molecule has 1 atom stereocenters. The van der Waals surface area contributed by atoms with Crippen LogP contribution in [0, 0.1) is 0 Å². The van der Waals surface area contributed by atoms with Gasteiger partial charge in [0.25, 0.3) is 0 Å². The smallest absolute Gasteiger partial charge is 0.119 e. The summed E-state index contributed by atoms with van der Waals surface area (Å²) in [5, 5.41) is 0.0127. The van der Waals surface area contributed by atoms with Crippen molar-refractivity contribution >= 4 is 23.7 Å². The molecule has 0 bridgehead atoms. The molecular weight excluding hydrogens is 124 g/mol. The summed E-state index contributed by atoms with van der Waals surface area (Å²) in [6.07, 6.45) is 1.71. The fraction of sp³-hybridized carbons (Fsp3) is 0.600. The van der Waals surface area contributed by atoms with Crippen LogP contribution in [0.5, 0.6) is 0 Å². The predicted octanol–water partition coefficient (Wildman–Crippen LogP) is 1.10. The maximum atomic E-state index is 5.63. The van der Waals surface area contributed by atoms with E-state index < -0.39 is 0 Å². The minimum Gasteiger partial charge on any atom is -0.269 e. The van der Waals surface area contributed by atoms with Crippen LogP contribution in [0.4, 0.5) is 0 Å². The van der Waals surface area contributed by atoms with Crippen LogP contribution in [0.3, 0.4) is 0 Å². The van der Waals surface area contributed by atoms with E-state index in [0.717, 1.165) is 5.84 Å². The Morgan fingerprint density at radius 1 is 1.88 bits per heavy atom. The summed E-state index contributed by atoms with van der Waals surface area (Å²) in [6.45, 7) is 2.54. The summed E-state index contributed by atoms with van der Waals surface area (Å²) in [7, 11) is 0. The number of nitrogens with zero attached hydrogens (tertiary/aromatic N) is 2. The molecule has 1 rings (SSSR count). The van der Waals surface area contributed by atoms with Crippen molar-refractivity contribution in [2.75, 3.05) is 6.54 Å². The molecule has 0 amide bonds. The van der Waals surface area contributed by atoms with E-state index in [1.165, 1.54) is 0 Å². The Bertz CT molecular complexity index is 139. The van der Waals surface area contributed by atoms with Gasteiger partial charge in [0.1, 0.15) is 5.84 Å². The Kier molecular flexibility index (Phi) is 1.63. The topological polar surface area (TPSA) is 24.7 Å². The van der Waals surface area contributed by atoms with Gasteiger partial charge >= 0.3 is 0 Å². The molecule has 1 unspecified atom stereocenters. The second-order valence-corrected chi connectivity index (χ2v) is 2.24. The second-order valence-electron chi connectivity index (χ2n) is 1.68. The number of amidine groups is 1. The van der Waals surface area contributed by atoms with Crippen LogP contribution in [0.15, 0.2) is 9.98 Å². The fourth-order valence-corrected chi connectivity index (χ4v) is 0.621. The van der Waals surface area contributed by atoms with Crippen molar-refractivity contribution in [1.29, 1.82) is 0 Å². The lowest BCUT2D eigenvalue weighted by Gasteiger charge is -2.03. The van der Waals surface area contributed by atoms with Crippen LogP contribution in [-0.2, 0) is 0 Å². The third kappa shape index (κ3) is 1.30. The van der Waals surface area contributed by atoms with Gasteiger partial charge < -0.3 is 0 Å². The molecule has 0 aromatic carbocycles. The van der Waals surface area contributed by atoms with Gasteiger partial charge in [0.05, 0.1) is 11.9 Å². The minimum absolute atomic E-state index is 0.0127. The molecule has 0 spiro atoms. The fourth-order valence-electron chi connectivity index (χ4n) is 0.496. The van der Waals surface area contributed by atoms with Gasteiger partial charge in [0.2, 0.25) is 0 Å². The lowest BCUT2D eigenvalue weighted by molar-refractivity contribution is 1.03. The first kappa shape index (κ1) is 5.76. The van der Waals surface area contributed by atoms with Crippen molar-refractivity contribution in [2.24, 2.45) is 9.98 Å². The quantitative estimate of drug-likeness (QED) is 0.439. The third-order valence-electron chi connectivity index (χ3n) is 0.918. The Morgan fingerprint density at radius 3 is 3.00 bits per heavy atom. The third-order valence-corrected chi connectivity index (χ3v) is 1.17. The van der Waals surface area contributed by atoms with Crippen molar-refractivity contribution in [3.05, 3.63) is 0 Å². The molecule has 2 nitrogen and oxygen atoms in total. The molecule has 44 valence electrons. The predicted molar refractivity (Wildman–Crippen MR) is 36.1 cm³/mol. The van der Waals surface area contributed by atoms with E-state index >= 15 is 0 Å². The molecule has 1 aliphatic heterocycles.